The maximum Gasteiger partial charge on any atom is 0.315 e. The number of carbonyl (C=O) groups is 2. The second kappa shape index (κ2) is 9.33. The fourth-order valence-corrected chi connectivity index (χ4v) is 2.74. The summed E-state index contributed by atoms with van der Waals surface area (Å²) in [7, 11) is 1.53. The van der Waals surface area contributed by atoms with Gasteiger partial charge in [0.15, 0.2) is 0 Å². The Morgan fingerprint density at radius 3 is 2.43 bits per heavy atom. The fraction of sp³-hybridized carbons (Fsp3) is 0.0909. The maximum absolute atomic E-state index is 12.3. The van der Waals surface area contributed by atoms with Crippen molar-refractivity contribution >= 4 is 23.3 Å². The first-order valence-corrected chi connectivity index (χ1v) is 8.94. The van der Waals surface area contributed by atoms with Crippen LogP contribution in [0.2, 0.25) is 0 Å². The molecule has 0 radical (unpaired) electrons. The molecule has 152 valence electrons. The van der Waals surface area contributed by atoms with Crippen LogP contribution in [0.25, 0.3) is 0 Å². The molecule has 0 aromatic heterocycles. The Bertz CT molecular complexity index is 1080. The van der Waals surface area contributed by atoms with Crippen molar-refractivity contribution in [1.29, 1.82) is 0 Å². The number of ether oxygens (including phenoxy) is 2. The predicted molar refractivity (Wildman–Crippen MR) is 110 cm³/mol. The number of anilines is 1. The second-order valence-corrected chi connectivity index (χ2v) is 6.25. The fourth-order valence-electron chi connectivity index (χ4n) is 2.74. The number of methoxy groups -OCH3 is 1. The molecule has 0 spiro atoms. The highest BCUT2D eigenvalue weighted by atomic mass is 16.6. The van der Waals surface area contributed by atoms with Crippen molar-refractivity contribution < 1.29 is 24.0 Å². The largest absolute Gasteiger partial charge is 0.496 e. The molecule has 1 N–H and O–H groups in total. The van der Waals surface area contributed by atoms with Crippen LogP contribution in [0.1, 0.15) is 15.9 Å². The quantitative estimate of drug-likeness (QED) is 0.275. The summed E-state index contributed by atoms with van der Waals surface area (Å²) in [4.78, 5) is 34.7. The van der Waals surface area contributed by atoms with Gasteiger partial charge < -0.3 is 14.8 Å². The van der Waals surface area contributed by atoms with E-state index in [0.717, 1.165) is 0 Å². The summed E-state index contributed by atoms with van der Waals surface area (Å²) in [6.07, 6.45) is 0.0509. The zero-order valence-electron chi connectivity index (χ0n) is 16.0. The minimum absolute atomic E-state index is 0.0509. The monoisotopic (exact) mass is 406 g/mol. The third kappa shape index (κ3) is 5.20. The molecular weight excluding hydrogens is 388 g/mol. The van der Waals surface area contributed by atoms with E-state index in [4.69, 9.17) is 9.47 Å². The first-order chi connectivity index (χ1) is 14.5. The Hall–Kier alpha value is -4.20. The van der Waals surface area contributed by atoms with Crippen LogP contribution in [0.3, 0.4) is 0 Å². The Morgan fingerprint density at radius 1 is 1.00 bits per heavy atom. The van der Waals surface area contributed by atoms with Crippen molar-refractivity contribution in [1.82, 2.24) is 0 Å². The Morgan fingerprint density at radius 2 is 1.73 bits per heavy atom. The van der Waals surface area contributed by atoms with Gasteiger partial charge in [0.05, 0.1) is 18.5 Å². The normalized spacial score (nSPS) is 10.2. The van der Waals surface area contributed by atoms with E-state index in [-0.39, 0.29) is 17.7 Å². The smallest absolute Gasteiger partial charge is 0.315 e. The maximum atomic E-state index is 12.3. The van der Waals surface area contributed by atoms with E-state index in [0.29, 0.717) is 22.7 Å². The Labute approximate surface area is 172 Å². The molecule has 3 aromatic rings. The molecule has 8 nitrogen and oxygen atoms in total. The number of hydrogen-bond acceptors (Lipinski definition) is 6. The van der Waals surface area contributed by atoms with E-state index in [1.807, 2.05) is 12.1 Å². The van der Waals surface area contributed by atoms with Crippen molar-refractivity contribution in [3.8, 4) is 11.5 Å². The van der Waals surface area contributed by atoms with E-state index < -0.39 is 16.8 Å². The number of carbonyl (C=O) groups excluding carboxylic acids is 2. The predicted octanol–water partition coefficient (Wildman–Crippen LogP) is 4.00. The SMILES string of the molecule is COc1ccccc1CC(=O)Oc1ccc(NC(=O)c2cccc([N+](=O)[O-])c2)cc1. The van der Waals surface area contributed by atoms with Gasteiger partial charge in [-0.2, -0.15) is 0 Å². The molecule has 0 aliphatic heterocycles. The van der Waals surface area contributed by atoms with Gasteiger partial charge in [-0.15, -0.1) is 0 Å². The van der Waals surface area contributed by atoms with Crippen LogP contribution in [0.15, 0.2) is 72.8 Å². The minimum Gasteiger partial charge on any atom is -0.496 e. The van der Waals surface area contributed by atoms with Gasteiger partial charge in [0.25, 0.3) is 11.6 Å². The molecule has 0 fully saturated rings. The number of esters is 1. The lowest BCUT2D eigenvalue weighted by molar-refractivity contribution is -0.384. The molecule has 0 aliphatic carbocycles. The summed E-state index contributed by atoms with van der Waals surface area (Å²) in [6.45, 7) is 0. The molecule has 1 amide bonds. The molecule has 0 aliphatic rings. The molecule has 8 heteroatoms. The van der Waals surface area contributed by atoms with E-state index >= 15 is 0 Å². The van der Waals surface area contributed by atoms with Gasteiger partial charge in [0.2, 0.25) is 0 Å². The Kier molecular flexibility index (Phi) is 6.39. The first-order valence-electron chi connectivity index (χ1n) is 8.94. The van der Waals surface area contributed by atoms with Crippen LogP contribution in [-0.2, 0) is 11.2 Å². The average Bonchev–Trinajstić information content (AvgIpc) is 2.75. The topological polar surface area (TPSA) is 108 Å². The highest BCUT2D eigenvalue weighted by Gasteiger charge is 2.13. The van der Waals surface area contributed by atoms with Crippen molar-refractivity contribution in [3.05, 3.63) is 94.0 Å². The lowest BCUT2D eigenvalue weighted by atomic mass is 10.1. The number of non-ortho nitro benzene ring substituents is 1. The molecule has 3 rings (SSSR count). The van der Waals surface area contributed by atoms with Crippen molar-refractivity contribution in [2.45, 2.75) is 6.42 Å². The van der Waals surface area contributed by atoms with Crippen LogP contribution in [-0.4, -0.2) is 23.9 Å². The number of rotatable bonds is 7. The molecule has 0 saturated heterocycles. The number of para-hydroxylation sites is 1. The number of benzene rings is 3. The number of nitro benzene ring substituents is 1. The zero-order chi connectivity index (χ0) is 21.5. The first kappa shape index (κ1) is 20.5. The van der Waals surface area contributed by atoms with Gasteiger partial charge in [-0.1, -0.05) is 24.3 Å². The summed E-state index contributed by atoms with van der Waals surface area (Å²) >= 11 is 0. The molecule has 0 heterocycles. The van der Waals surface area contributed by atoms with Crippen molar-refractivity contribution in [3.63, 3.8) is 0 Å². The molecular formula is C22H18N2O6. The zero-order valence-corrected chi connectivity index (χ0v) is 16.0. The van der Waals surface area contributed by atoms with E-state index in [2.05, 4.69) is 5.32 Å². The Balaban J connectivity index is 1.61. The second-order valence-electron chi connectivity index (χ2n) is 6.25. The highest BCUT2D eigenvalue weighted by molar-refractivity contribution is 6.04. The third-order valence-corrected chi connectivity index (χ3v) is 4.19. The van der Waals surface area contributed by atoms with E-state index in [1.54, 1.807) is 36.4 Å². The summed E-state index contributed by atoms with van der Waals surface area (Å²) in [5.41, 5.74) is 1.17. The minimum atomic E-state index is -0.565. The summed E-state index contributed by atoms with van der Waals surface area (Å²) in [5.74, 6) is -0.00981. The molecule has 0 saturated carbocycles. The van der Waals surface area contributed by atoms with Gasteiger partial charge in [-0.3, -0.25) is 19.7 Å². The van der Waals surface area contributed by atoms with Gasteiger partial charge in [-0.05, 0) is 36.4 Å². The molecule has 0 unspecified atom stereocenters. The van der Waals surface area contributed by atoms with Gasteiger partial charge >= 0.3 is 5.97 Å². The van der Waals surface area contributed by atoms with Gasteiger partial charge in [0, 0.05) is 28.9 Å². The molecule has 0 bridgehead atoms. The lowest BCUT2D eigenvalue weighted by Crippen LogP contribution is -2.13. The number of hydrogen-bond donors (Lipinski definition) is 1. The van der Waals surface area contributed by atoms with E-state index in [1.165, 1.54) is 31.4 Å². The summed E-state index contributed by atoms with van der Waals surface area (Å²) in [5, 5.41) is 13.5. The molecule has 3 aromatic carbocycles. The highest BCUT2D eigenvalue weighted by Crippen LogP contribution is 2.21. The van der Waals surface area contributed by atoms with Gasteiger partial charge in [-0.25, -0.2) is 0 Å². The van der Waals surface area contributed by atoms with Crippen LogP contribution in [0.5, 0.6) is 11.5 Å². The number of nitrogens with zero attached hydrogens (tertiary/aromatic N) is 1. The number of nitrogens with one attached hydrogen (secondary N) is 1. The molecule has 0 atom stereocenters. The van der Waals surface area contributed by atoms with Crippen LogP contribution >= 0.6 is 0 Å². The molecule has 30 heavy (non-hydrogen) atoms. The van der Waals surface area contributed by atoms with Crippen molar-refractivity contribution in [2.24, 2.45) is 0 Å². The third-order valence-electron chi connectivity index (χ3n) is 4.19. The standard InChI is InChI=1S/C22H18N2O6/c1-29-20-8-3-2-5-15(20)14-21(25)30-19-11-9-17(10-12-19)23-22(26)16-6-4-7-18(13-16)24(27)28/h2-13H,14H2,1H3,(H,23,26). The van der Waals surface area contributed by atoms with Crippen LogP contribution < -0.4 is 14.8 Å². The van der Waals surface area contributed by atoms with Crippen molar-refractivity contribution in [2.75, 3.05) is 12.4 Å². The van der Waals surface area contributed by atoms with Gasteiger partial charge in [0.1, 0.15) is 11.5 Å². The number of amides is 1. The van der Waals surface area contributed by atoms with E-state index in [9.17, 15) is 19.7 Å². The van der Waals surface area contributed by atoms with Crippen LogP contribution in [0.4, 0.5) is 11.4 Å². The number of nitro groups is 1. The summed E-state index contributed by atoms with van der Waals surface area (Å²) in [6, 6.07) is 18.8. The summed E-state index contributed by atoms with van der Waals surface area (Å²) < 4.78 is 10.5. The lowest BCUT2D eigenvalue weighted by Gasteiger charge is -2.09. The van der Waals surface area contributed by atoms with Crippen LogP contribution in [0, 0.1) is 10.1 Å². The average molecular weight is 406 g/mol.